The van der Waals surface area contributed by atoms with Gasteiger partial charge in [-0.15, -0.1) is 0 Å². The van der Waals surface area contributed by atoms with Gasteiger partial charge in [0.1, 0.15) is 0 Å². The van der Waals surface area contributed by atoms with E-state index in [4.69, 9.17) is 4.74 Å². The predicted octanol–water partition coefficient (Wildman–Crippen LogP) is 1.08. The van der Waals surface area contributed by atoms with Crippen molar-refractivity contribution in [1.82, 2.24) is 9.21 Å². The van der Waals surface area contributed by atoms with Gasteiger partial charge in [-0.25, -0.2) is 12.7 Å². The van der Waals surface area contributed by atoms with Gasteiger partial charge in [0.15, 0.2) is 0 Å². The van der Waals surface area contributed by atoms with Crippen LogP contribution in [0.4, 0.5) is 0 Å². The molecule has 0 N–H and O–H groups in total. The van der Waals surface area contributed by atoms with Crippen LogP contribution in [0.3, 0.4) is 0 Å². The summed E-state index contributed by atoms with van der Waals surface area (Å²) in [6.45, 7) is 4.12. The Labute approximate surface area is 133 Å². The van der Waals surface area contributed by atoms with E-state index < -0.39 is 10.0 Å². The molecule has 7 heteroatoms. The molecule has 2 fully saturated rings. The number of likely N-dealkylation sites (tertiary alicyclic amines) is 1. The molecule has 0 aromatic carbocycles. The van der Waals surface area contributed by atoms with E-state index in [0.717, 1.165) is 19.3 Å². The summed E-state index contributed by atoms with van der Waals surface area (Å²) in [5.41, 5.74) is 0. The highest BCUT2D eigenvalue weighted by atomic mass is 32.2. The van der Waals surface area contributed by atoms with Crippen LogP contribution < -0.4 is 0 Å². The largest absolute Gasteiger partial charge is 0.383 e. The number of nitrogens with zero attached hydrogens (tertiary/aromatic N) is 2. The minimum absolute atomic E-state index is 0.165. The van der Waals surface area contributed by atoms with E-state index in [0.29, 0.717) is 39.1 Å². The first-order chi connectivity index (χ1) is 10.5. The van der Waals surface area contributed by atoms with E-state index in [-0.39, 0.29) is 23.6 Å². The Morgan fingerprint density at radius 1 is 1.32 bits per heavy atom. The SMILES string of the molecule is CCCS(=O)(=O)N1CC[C@@H]2[C@@H](CCCC(=O)N2CCOC)C1. The summed E-state index contributed by atoms with van der Waals surface area (Å²) in [5, 5.41) is 0. The standard InChI is InChI=1S/C15H28N2O4S/c1-3-11-22(19,20)16-8-7-14-13(12-16)5-4-6-15(18)17(14)9-10-21-2/h13-14H,3-12H2,1-2H3/t13-,14+/m0/s1. The molecule has 0 saturated carbocycles. The van der Waals surface area contributed by atoms with Crippen LogP contribution in [0, 0.1) is 5.92 Å². The Bertz CT molecular complexity index is 480. The van der Waals surface area contributed by atoms with Crippen LogP contribution in [0.1, 0.15) is 39.0 Å². The molecule has 22 heavy (non-hydrogen) atoms. The van der Waals surface area contributed by atoms with E-state index in [1.165, 1.54) is 0 Å². The van der Waals surface area contributed by atoms with Crippen molar-refractivity contribution in [3.8, 4) is 0 Å². The maximum absolute atomic E-state index is 12.3. The summed E-state index contributed by atoms with van der Waals surface area (Å²) in [6, 6.07) is 0.165. The molecule has 0 aromatic heterocycles. The minimum atomic E-state index is -3.14. The van der Waals surface area contributed by atoms with Crippen molar-refractivity contribution < 1.29 is 17.9 Å². The third kappa shape index (κ3) is 4.00. The molecule has 128 valence electrons. The van der Waals surface area contributed by atoms with Crippen LogP contribution in [-0.4, -0.2) is 68.7 Å². The fourth-order valence-corrected chi connectivity index (χ4v) is 5.22. The molecule has 2 atom stereocenters. The van der Waals surface area contributed by atoms with Gasteiger partial charge in [0.25, 0.3) is 0 Å². The van der Waals surface area contributed by atoms with Crippen LogP contribution in [0.25, 0.3) is 0 Å². The average Bonchev–Trinajstić information content (AvgIpc) is 2.63. The van der Waals surface area contributed by atoms with Gasteiger partial charge in [-0.3, -0.25) is 4.79 Å². The number of carbonyl (C=O) groups is 1. The maximum Gasteiger partial charge on any atom is 0.222 e. The van der Waals surface area contributed by atoms with Crippen molar-refractivity contribution in [1.29, 1.82) is 0 Å². The lowest BCUT2D eigenvalue weighted by Gasteiger charge is -2.42. The second-order valence-electron chi connectivity index (χ2n) is 6.26. The molecule has 2 rings (SSSR count). The second-order valence-corrected chi connectivity index (χ2v) is 8.35. The molecule has 0 unspecified atom stereocenters. The molecule has 2 aliphatic heterocycles. The maximum atomic E-state index is 12.3. The molecular formula is C15H28N2O4S. The van der Waals surface area contributed by atoms with Crippen molar-refractivity contribution in [3.63, 3.8) is 0 Å². The first-order valence-corrected chi connectivity index (χ1v) is 9.86. The molecule has 2 saturated heterocycles. The van der Waals surface area contributed by atoms with Crippen LogP contribution >= 0.6 is 0 Å². The second kappa shape index (κ2) is 7.75. The summed E-state index contributed by atoms with van der Waals surface area (Å²) in [5.74, 6) is 0.662. The summed E-state index contributed by atoms with van der Waals surface area (Å²) >= 11 is 0. The highest BCUT2D eigenvalue weighted by Crippen LogP contribution is 2.31. The predicted molar refractivity (Wildman–Crippen MR) is 85.0 cm³/mol. The van der Waals surface area contributed by atoms with Crippen LogP contribution in [0.5, 0.6) is 0 Å². The number of amides is 1. The van der Waals surface area contributed by atoms with Crippen molar-refractivity contribution in [2.24, 2.45) is 5.92 Å². The van der Waals surface area contributed by atoms with Gasteiger partial charge in [-0.2, -0.15) is 0 Å². The van der Waals surface area contributed by atoms with Crippen molar-refractivity contribution >= 4 is 15.9 Å². The highest BCUT2D eigenvalue weighted by molar-refractivity contribution is 7.89. The fourth-order valence-electron chi connectivity index (χ4n) is 3.64. The molecular weight excluding hydrogens is 304 g/mol. The van der Waals surface area contributed by atoms with E-state index in [9.17, 15) is 13.2 Å². The van der Waals surface area contributed by atoms with Gasteiger partial charge in [-0.05, 0) is 31.6 Å². The summed E-state index contributed by atoms with van der Waals surface area (Å²) in [4.78, 5) is 14.2. The number of hydrogen-bond donors (Lipinski definition) is 0. The average molecular weight is 332 g/mol. The van der Waals surface area contributed by atoms with Gasteiger partial charge in [0.2, 0.25) is 15.9 Å². The number of ether oxygens (including phenoxy) is 1. The first-order valence-electron chi connectivity index (χ1n) is 8.25. The lowest BCUT2D eigenvalue weighted by atomic mass is 9.89. The lowest BCUT2D eigenvalue weighted by Crippen LogP contribution is -2.53. The molecule has 0 bridgehead atoms. The number of hydrogen-bond acceptors (Lipinski definition) is 4. The third-order valence-electron chi connectivity index (χ3n) is 4.73. The Morgan fingerprint density at radius 2 is 2.09 bits per heavy atom. The molecule has 0 aromatic rings. The summed E-state index contributed by atoms with van der Waals surface area (Å²) in [7, 11) is -1.50. The van der Waals surface area contributed by atoms with Crippen LogP contribution in [0.2, 0.25) is 0 Å². The summed E-state index contributed by atoms with van der Waals surface area (Å²) in [6.07, 6.45) is 3.73. The molecule has 2 aliphatic rings. The monoisotopic (exact) mass is 332 g/mol. The Hall–Kier alpha value is -0.660. The van der Waals surface area contributed by atoms with Crippen LogP contribution in [0.15, 0.2) is 0 Å². The zero-order chi connectivity index (χ0) is 16.2. The Balaban J connectivity index is 2.09. The number of fused-ring (bicyclic) bond motifs is 1. The molecule has 6 nitrogen and oxygen atoms in total. The third-order valence-corrected chi connectivity index (χ3v) is 6.78. The lowest BCUT2D eigenvalue weighted by molar-refractivity contribution is -0.135. The first kappa shape index (κ1) is 17.7. The number of sulfonamides is 1. The smallest absolute Gasteiger partial charge is 0.222 e. The molecule has 1 amide bonds. The fraction of sp³-hybridized carbons (Fsp3) is 0.933. The highest BCUT2D eigenvalue weighted by Gasteiger charge is 2.39. The molecule has 0 aliphatic carbocycles. The topological polar surface area (TPSA) is 66.9 Å². The van der Waals surface area contributed by atoms with Gasteiger partial charge >= 0.3 is 0 Å². The molecule has 0 radical (unpaired) electrons. The van der Waals surface area contributed by atoms with Crippen molar-refractivity contribution in [3.05, 3.63) is 0 Å². The zero-order valence-corrected chi connectivity index (χ0v) is 14.5. The van der Waals surface area contributed by atoms with E-state index in [2.05, 4.69) is 0 Å². The van der Waals surface area contributed by atoms with Crippen molar-refractivity contribution in [2.75, 3.05) is 39.1 Å². The number of piperidine rings is 1. The molecule has 2 heterocycles. The number of methoxy groups -OCH3 is 1. The quantitative estimate of drug-likeness (QED) is 0.730. The zero-order valence-electron chi connectivity index (χ0n) is 13.7. The van der Waals surface area contributed by atoms with Gasteiger partial charge < -0.3 is 9.64 Å². The van der Waals surface area contributed by atoms with Gasteiger partial charge in [0.05, 0.1) is 12.4 Å². The van der Waals surface area contributed by atoms with Gasteiger partial charge in [-0.1, -0.05) is 6.92 Å². The normalized spacial score (nSPS) is 27.5. The number of carbonyl (C=O) groups excluding carboxylic acids is 1. The van der Waals surface area contributed by atoms with Gasteiger partial charge in [0, 0.05) is 39.2 Å². The van der Waals surface area contributed by atoms with E-state index in [1.54, 1.807) is 11.4 Å². The number of rotatable bonds is 6. The summed E-state index contributed by atoms with van der Waals surface area (Å²) < 4.78 is 31.3. The molecule has 0 spiro atoms. The Morgan fingerprint density at radius 3 is 2.77 bits per heavy atom. The van der Waals surface area contributed by atoms with E-state index >= 15 is 0 Å². The van der Waals surface area contributed by atoms with Crippen LogP contribution in [-0.2, 0) is 19.6 Å². The van der Waals surface area contributed by atoms with E-state index in [1.807, 2.05) is 11.8 Å². The van der Waals surface area contributed by atoms with Crippen molar-refractivity contribution in [2.45, 2.75) is 45.1 Å². The minimum Gasteiger partial charge on any atom is -0.383 e. The Kier molecular flexibility index (Phi) is 6.23.